The van der Waals surface area contributed by atoms with Gasteiger partial charge in [0.05, 0.1) is 29.3 Å². The predicted octanol–water partition coefficient (Wildman–Crippen LogP) is 4.64. The van der Waals surface area contributed by atoms with Crippen LogP contribution in [-0.2, 0) is 13.0 Å². The maximum absolute atomic E-state index is 13.0. The fourth-order valence-electron chi connectivity index (χ4n) is 3.70. The van der Waals surface area contributed by atoms with Gasteiger partial charge in [-0.05, 0) is 48.4 Å². The number of hydrogen-bond donors (Lipinski definition) is 0. The Morgan fingerprint density at radius 1 is 1.03 bits per heavy atom. The molecule has 4 aromatic rings. The summed E-state index contributed by atoms with van der Waals surface area (Å²) in [5.74, 6) is 1.09. The van der Waals surface area contributed by atoms with Gasteiger partial charge in [-0.25, -0.2) is 4.98 Å². The van der Waals surface area contributed by atoms with E-state index < -0.39 is 0 Å². The lowest BCUT2D eigenvalue weighted by Gasteiger charge is -2.24. The third-order valence-corrected chi connectivity index (χ3v) is 5.28. The number of ether oxygens (including phenoxy) is 2. The third-order valence-electron chi connectivity index (χ3n) is 5.28. The number of aromatic nitrogens is 2. The highest BCUT2D eigenvalue weighted by molar-refractivity contribution is 6.01. The topological polar surface area (TPSA) is 61.3 Å². The van der Waals surface area contributed by atoms with Crippen molar-refractivity contribution in [3.63, 3.8) is 0 Å². The van der Waals surface area contributed by atoms with Crippen LogP contribution in [0.15, 0.2) is 79.1 Å². The average molecular weight is 396 g/mol. The van der Waals surface area contributed by atoms with E-state index in [9.17, 15) is 4.79 Å². The summed E-state index contributed by atoms with van der Waals surface area (Å²) < 4.78 is 11.8. The minimum Gasteiger partial charge on any atom is -0.492 e. The highest BCUT2D eigenvalue weighted by Gasteiger charge is 2.29. The van der Waals surface area contributed by atoms with Crippen molar-refractivity contribution < 1.29 is 14.3 Å². The lowest BCUT2D eigenvalue weighted by molar-refractivity contribution is 0.0829. The van der Waals surface area contributed by atoms with E-state index >= 15 is 0 Å². The molecular weight excluding hydrogens is 376 g/mol. The summed E-state index contributed by atoms with van der Waals surface area (Å²) in [7, 11) is 0. The van der Waals surface area contributed by atoms with E-state index in [0.717, 1.165) is 22.2 Å². The van der Waals surface area contributed by atoms with Gasteiger partial charge >= 0.3 is 0 Å². The Morgan fingerprint density at radius 2 is 1.97 bits per heavy atom. The van der Waals surface area contributed by atoms with Crippen LogP contribution in [-0.4, -0.2) is 22.4 Å². The predicted molar refractivity (Wildman–Crippen MR) is 114 cm³/mol. The maximum atomic E-state index is 13.0. The first-order valence-electron chi connectivity index (χ1n) is 9.94. The first-order valence-corrected chi connectivity index (χ1v) is 9.94. The largest absolute Gasteiger partial charge is 0.492 e. The van der Waals surface area contributed by atoms with Crippen LogP contribution in [0.4, 0.5) is 0 Å². The van der Waals surface area contributed by atoms with Gasteiger partial charge in [0.25, 0.3) is 0 Å². The van der Waals surface area contributed by atoms with Gasteiger partial charge in [-0.2, -0.15) is 0 Å². The molecule has 5 nitrogen and oxygen atoms in total. The van der Waals surface area contributed by atoms with E-state index in [1.807, 2.05) is 54.6 Å². The van der Waals surface area contributed by atoms with Crippen LogP contribution in [0.2, 0.25) is 0 Å². The molecule has 1 atom stereocenters. The van der Waals surface area contributed by atoms with Crippen molar-refractivity contribution in [2.24, 2.45) is 5.92 Å². The molecular formula is C25H20N2O3. The normalized spacial score (nSPS) is 15.5. The molecule has 148 valence electrons. The zero-order valence-corrected chi connectivity index (χ0v) is 16.3. The van der Waals surface area contributed by atoms with Crippen LogP contribution in [0.3, 0.4) is 0 Å². The van der Waals surface area contributed by atoms with Crippen molar-refractivity contribution in [2.75, 3.05) is 6.61 Å². The lowest BCUT2D eigenvalue weighted by atomic mass is 9.90. The number of nitrogens with zero attached hydrogens (tertiary/aromatic N) is 2. The quantitative estimate of drug-likeness (QED) is 0.492. The number of carbonyl (C=O) groups is 1. The van der Waals surface area contributed by atoms with Gasteiger partial charge in [-0.15, -0.1) is 0 Å². The fourth-order valence-corrected chi connectivity index (χ4v) is 3.70. The van der Waals surface area contributed by atoms with Crippen molar-refractivity contribution in [1.29, 1.82) is 0 Å². The molecule has 0 unspecified atom stereocenters. The highest BCUT2D eigenvalue weighted by atomic mass is 16.5. The zero-order valence-electron chi connectivity index (χ0n) is 16.3. The monoisotopic (exact) mass is 396 g/mol. The van der Waals surface area contributed by atoms with E-state index in [2.05, 4.69) is 9.97 Å². The molecule has 0 saturated heterocycles. The van der Waals surface area contributed by atoms with Crippen LogP contribution >= 0.6 is 0 Å². The Morgan fingerprint density at radius 3 is 2.87 bits per heavy atom. The Kier molecular flexibility index (Phi) is 4.85. The molecule has 2 aromatic heterocycles. The smallest absolute Gasteiger partial charge is 0.173 e. The molecule has 30 heavy (non-hydrogen) atoms. The van der Waals surface area contributed by atoms with Crippen LogP contribution in [0.25, 0.3) is 10.9 Å². The van der Waals surface area contributed by atoms with Crippen molar-refractivity contribution in [3.8, 4) is 11.5 Å². The van der Waals surface area contributed by atoms with Crippen molar-refractivity contribution >= 4 is 16.7 Å². The Balaban J connectivity index is 1.31. The van der Waals surface area contributed by atoms with E-state index in [-0.39, 0.29) is 11.7 Å². The van der Waals surface area contributed by atoms with E-state index in [4.69, 9.17) is 9.47 Å². The lowest BCUT2D eigenvalue weighted by Crippen LogP contribution is -2.29. The fraction of sp³-hybridized carbons (Fsp3) is 0.160. The molecule has 0 fully saturated rings. The number of pyridine rings is 2. The van der Waals surface area contributed by atoms with Crippen LogP contribution in [0.1, 0.15) is 21.6 Å². The van der Waals surface area contributed by atoms with E-state index in [1.165, 1.54) is 0 Å². The van der Waals surface area contributed by atoms with Gasteiger partial charge < -0.3 is 9.47 Å². The van der Waals surface area contributed by atoms with Crippen molar-refractivity contribution in [2.45, 2.75) is 13.0 Å². The number of Topliss-reactive ketones (excluding diaryl/α,β-unsaturated/α-hetero) is 1. The minimum absolute atomic E-state index is 0.0781. The van der Waals surface area contributed by atoms with Gasteiger partial charge in [0.2, 0.25) is 0 Å². The summed E-state index contributed by atoms with van der Waals surface area (Å²) >= 11 is 0. The molecule has 0 N–H and O–H groups in total. The molecule has 0 aliphatic carbocycles. The Labute approximate surface area is 174 Å². The second-order valence-electron chi connectivity index (χ2n) is 7.38. The van der Waals surface area contributed by atoms with E-state index in [0.29, 0.717) is 36.7 Å². The molecule has 3 heterocycles. The molecule has 0 saturated carbocycles. The standard InChI is InChI=1S/C25H20N2O3/c28-25-19(12-17-4-3-11-26-14-17)15-30-24-10-9-21(13-22(24)25)29-16-20-8-7-18-5-1-2-6-23(18)27-20/h1-11,13-14,19H,12,15-16H2/t19-/m1/s1. The number of benzene rings is 2. The summed E-state index contributed by atoms with van der Waals surface area (Å²) in [5, 5.41) is 1.09. The average Bonchev–Trinajstić information content (AvgIpc) is 2.80. The van der Waals surface area contributed by atoms with Gasteiger partial charge in [-0.3, -0.25) is 9.78 Å². The number of fused-ring (bicyclic) bond motifs is 2. The van der Waals surface area contributed by atoms with Crippen molar-refractivity contribution in [3.05, 3.63) is 95.9 Å². The molecule has 0 bridgehead atoms. The van der Waals surface area contributed by atoms with Crippen LogP contribution < -0.4 is 9.47 Å². The summed E-state index contributed by atoms with van der Waals surface area (Å²) in [6.45, 7) is 0.708. The second kappa shape index (κ2) is 7.95. The number of rotatable bonds is 5. The summed E-state index contributed by atoms with van der Waals surface area (Å²) in [6.07, 6.45) is 4.13. The third kappa shape index (κ3) is 3.74. The minimum atomic E-state index is -0.223. The summed E-state index contributed by atoms with van der Waals surface area (Å²) in [4.78, 5) is 21.8. The van der Waals surface area contributed by atoms with Gasteiger partial charge in [0.15, 0.2) is 5.78 Å². The second-order valence-corrected chi connectivity index (χ2v) is 7.38. The highest BCUT2D eigenvalue weighted by Crippen LogP contribution is 2.32. The molecule has 5 rings (SSSR count). The summed E-state index contributed by atoms with van der Waals surface area (Å²) in [5.41, 5.74) is 3.37. The first-order chi connectivity index (χ1) is 14.8. The molecule has 2 aromatic carbocycles. The van der Waals surface area contributed by atoms with Crippen molar-refractivity contribution in [1.82, 2.24) is 9.97 Å². The molecule has 1 aliphatic heterocycles. The number of carbonyl (C=O) groups excluding carboxylic acids is 1. The Bertz CT molecular complexity index is 1210. The molecule has 0 radical (unpaired) electrons. The SMILES string of the molecule is O=C1c2cc(OCc3ccc4ccccc4n3)ccc2OC[C@H]1Cc1cccnc1. The molecule has 5 heteroatoms. The Hall–Kier alpha value is -3.73. The number of ketones is 1. The van der Waals surface area contributed by atoms with Crippen LogP contribution in [0.5, 0.6) is 11.5 Å². The van der Waals surface area contributed by atoms with Gasteiger partial charge in [0, 0.05) is 17.8 Å². The van der Waals surface area contributed by atoms with E-state index in [1.54, 1.807) is 24.5 Å². The molecule has 0 amide bonds. The zero-order chi connectivity index (χ0) is 20.3. The number of para-hydroxylation sites is 1. The first kappa shape index (κ1) is 18.3. The van der Waals surface area contributed by atoms with Crippen LogP contribution in [0, 0.1) is 5.92 Å². The number of hydrogen-bond acceptors (Lipinski definition) is 5. The summed E-state index contributed by atoms with van der Waals surface area (Å²) in [6, 6.07) is 21.2. The maximum Gasteiger partial charge on any atom is 0.173 e. The molecule has 0 spiro atoms. The van der Waals surface area contributed by atoms with Gasteiger partial charge in [0.1, 0.15) is 18.1 Å². The molecule has 1 aliphatic rings. The van der Waals surface area contributed by atoms with Gasteiger partial charge in [-0.1, -0.05) is 30.3 Å².